The number of carbonyl (C=O) groups is 2. The summed E-state index contributed by atoms with van der Waals surface area (Å²) in [6.07, 6.45) is 5.52. The lowest BCUT2D eigenvalue weighted by Gasteiger charge is -2.26. The van der Waals surface area contributed by atoms with Crippen LogP contribution in [0.4, 0.5) is 0 Å². The number of amides is 1. The van der Waals surface area contributed by atoms with Gasteiger partial charge in [-0.25, -0.2) is 0 Å². The predicted molar refractivity (Wildman–Crippen MR) is 70.1 cm³/mol. The van der Waals surface area contributed by atoms with Gasteiger partial charge in [-0.1, -0.05) is 11.6 Å². The summed E-state index contributed by atoms with van der Waals surface area (Å²) in [6, 6.07) is 1.59. The fourth-order valence-corrected chi connectivity index (χ4v) is 2.46. The summed E-state index contributed by atoms with van der Waals surface area (Å²) in [5.41, 5.74) is 0.424. The van der Waals surface area contributed by atoms with Gasteiger partial charge in [0.1, 0.15) is 0 Å². The second-order valence-corrected chi connectivity index (χ2v) is 5.19. The minimum absolute atomic E-state index is 0.0297. The standard InChI is InChI=1S/C13H15ClN2O3/c14-10-5-9(6-15-7-10)12(17)16-11-3-1-8(2-4-11)13(18)19/h5-8,11H,1-4H2,(H,16,17)(H,18,19). The molecule has 0 radical (unpaired) electrons. The van der Waals surface area contributed by atoms with Crippen molar-refractivity contribution >= 4 is 23.5 Å². The van der Waals surface area contributed by atoms with E-state index in [0.717, 1.165) is 0 Å². The number of pyridine rings is 1. The molecule has 1 aliphatic rings. The van der Waals surface area contributed by atoms with Crippen molar-refractivity contribution in [2.45, 2.75) is 31.7 Å². The van der Waals surface area contributed by atoms with Gasteiger partial charge in [0.15, 0.2) is 0 Å². The van der Waals surface area contributed by atoms with Gasteiger partial charge in [0.2, 0.25) is 0 Å². The van der Waals surface area contributed by atoms with Crippen molar-refractivity contribution in [1.29, 1.82) is 0 Å². The summed E-state index contributed by atoms with van der Waals surface area (Å²) >= 11 is 5.78. The number of aromatic nitrogens is 1. The highest BCUT2D eigenvalue weighted by atomic mass is 35.5. The molecule has 6 heteroatoms. The number of carbonyl (C=O) groups excluding carboxylic acids is 1. The van der Waals surface area contributed by atoms with E-state index in [2.05, 4.69) is 10.3 Å². The number of carboxylic acids is 1. The summed E-state index contributed by atoms with van der Waals surface area (Å²) in [4.78, 5) is 26.6. The summed E-state index contributed by atoms with van der Waals surface area (Å²) in [5, 5.41) is 12.2. The molecule has 0 saturated heterocycles. The van der Waals surface area contributed by atoms with Crippen LogP contribution in [0.15, 0.2) is 18.5 Å². The van der Waals surface area contributed by atoms with E-state index in [1.54, 1.807) is 6.07 Å². The Kier molecular flexibility index (Phi) is 4.37. The van der Waals surface area contributed by atoms with Crippen molar-refractivity contribution in [1.82, 2.24) is 10.3 Å². The third kappa shape index (κ3) is 3.67. The van der Waals surface area contributed by atoms with Crippen LogP contribution in [0.2, 0.25) is 5.02 Å². The number of nitrogens with zero attached hydrogens (tertiary/aromatic N) is 1. The molecule has 1 aliphatic carbocycles. The molecule has 1 amide bonds. The Morgan fingerprint density at radius 3 is 2.53 bits per heavy atom. The molecule has 1 aromatic heterocycles. The largest absolute Gasteiger partial charge is 0.481 e. The lowest BCUT2D eigenvalue weighted by atomic mass is 9.86. The van der Waals surface area contributed by atoms with Crippen LogP contribution < -0.4 is 5.32 Å². The smallest absolute Gasteiger partial charge is 0.306 e. The molecular formula is C13H15ClN2O3. The van der Waals surface area contributed by atoms with Crippen LogP contribution in [0.3, 0.4) is 0 Å². The van der Waals surface area contributed by atoms with Crippen LogP contribution >= 0.6 is 11.6 Å². The highest BCUT2D eigenvalue weighted by Gasteiger charge is 2.26. The molecule has 1 fully saturated rings. The van der Waals surface area contributed by atoms with Gasteiger partial charge >= 0.3 is 5.97 Å². The third-order valence-electron chi connectivity index (χ3n) is 3.38. The van der Waals surface area contributed by atoms with Gasteiger partial charge in [0.05, 0.1) is 16.5 Å². The Labute approximate surface area is 116 Å². The molecule has 1 heterocycles. The van der Waals surface area contributed by atoms with E-state index in [1.165, 1.54) is 12.4 Å². The zero-order valence-corrected chi connectivity index (χ0v) is 11.1. The van der Waals surface area contributed by atoms with Crippen LogP contribution in [0.5, 0.6) is 0 Å². The van der Waals surface area contributed by atoms with Crippen molar-refractivity contribution in [3.05, 3.63) is 29.0 Å². The average Bonchev–Trinajstić information content (AvgIpc) is 2.39. The molecule has 0 aromatic carbocycles. The van der Waals surface area contributed by atoms with Crippen molar-refractivity contribution in [2.24, 2.45) is 5.92 Å². The quantitative estimate of drug-likeness (QED) is 0.890. The Morgan fingerprint density at radius 1 is 1.26 bits per heavy atom. The second kappa shape index (κ2) is 6.02. The number of halogens is 1. The van der Waals surface area contributed by atoms with Gasteiger partial charge < -0.3 is 10.4 Å². The maximum atomic E-state index is 12.0. The number of hydrogen-bond donors (Lipinski definition) is 2. The summed E-state index contributed by atoms with van der Waals surface area (Å²) in [7, 11) is 0. The normalized spacial score (nSPS) is 22.8. The number of aliphatic carboxylic acids is 1. The Morgan fingerprint density at radius 2 is 1.95 bits per heavy atom. The average molecular weight is 283 g/mol. The SMILES string of the molecule is O=C(NC1CCC(C(=O)O)CC1)c1cncc(Cl)c1. The molecule has 2 N–H and O–H groups in total. The topological polar surface area (TPSA) is 79.3 Å². The maximum Gasteiger partial charge on any atom is 0.306 e. The van der Waals surface area contributed by atoms with Crippen molar-refractivity contribution < 1.29 is 14.7 Å². The van der Waals surface area contributed by atoms with Gasteiger partial charge in [-0.2, -0.15) is 0 Å². The summed E-state index contributed by atoms with van der Waals surface area (Å²) in [6.45, 7) is 0. The Hall–Kier alpha value is -1.62. The second-order valence-electron chi connectivity index (χ2n) is 4.75. The first kappa shape index (κ1) is 13.8. The van der Waals surface area contributed by atoms with E-state index in [4.69, 9.17) is 16.7 Å². The van der Waals surface area contributed by atoms with Crippen molar-refractivity contribution in [3.8, 4) is 0 Å². The summed E-state index contributed by atoms with van der Waals surface area (Å²) in [5.74, 6) is -1.24. The highest BCUT2D eigenvalue weighted by molar-refractivity contribution is 6.30. The molecule has 1 saturated carbocycles. The van der Waals surface area contributed by atoms with Gasteiger partial charge in [-0.3, -0.25) is 14.6 Å². The zero-order chi connectivity index (χ0) is 13.8. The minimum Gasteiger partial charge on any atom is -0.481 e. The molecule has 1 aromatic rings. The molecule has 2 rings (SSSR count). The van der Waals surface area contributed by atoms with Crippen LogP contribution in [-0.2, 0) is 4.79 Å². The van der Waals surface area contributed by atoms with E-state index in [-0.39, 0.29) is 17.9 Å². The lowest BCUT2D eigenvalue weighted by molar-refractivity contribution is -0.142. The van der Waals surface area contributed by atoms with Gasteiger partial charge in [0, 0.05) is 18.4 Å². The molecule has 5 nitrogen and oxygen atoms in total. The molecule has 0 aliphatic heterocycles. The fraction of sp³-hybridized carbons (Fsp3) is 0.462. The molecule has 0 bridgehead atoms. The van der Waals surface area contributed by atoms with E-state index < -0.39 is 5.97 Å². The maximum absolute atomic E-state index is 12.0. The molecule has 0 unspecified atom stereocenters. The molecule has 0 atom stereocenters. The monoisotopic (exact) mass is 282 g/mol. The number of rotatable bonds is 3. The number of nitrogens with one attached hydrogen (secondary N) is 1. The minimum atomic E-state index is -0.746. The van der Waals surface area contributed by atoms with Gasteiger partial charge in [-0.15, -0.1) is 0 Å². The van der Waals surface area contributed by atoms with E-state index in [9.17, 15) is 9.59 Å². The molecule has 102 valence electrons. The first-order valence-corrected chi connectivity index (χ1v) is 6.58. The number of carboxylic acid groups (broad SMARTS) is 1. The molecular weight excluding hydrogens is 268 g/mol. The highest BCUT2D eigenvalue weighted by Crippen LogP contribution is 2.24. The summed E-state index contributed by atoms with van der Waals surface area (Å²) < 4.78 is 0. The Balaban J connectivity index is 1.89. The lowest BCUT2D eigenvalue weighted by Crippen LogP contribution is -2.38. The van der Waals surface area contributed by atoms with Crippen LogP contribution in [0.25, 0.3) is 0 Å². The van der Waals surface area contributed by atoms with Crippen molar-refractivity contribution in [2.75, 3.05) is 0 Å². The molecule has 19 heavy (non-hydrogen) atoms. The van der Waals surface area contributed by atoms with Crippen LogP contribution in [0.1, 0.15) is 36.0 Å². The first-order valence-electron chi connectivity index (χ1n) is 6.20. The van der Waals surface area contributed by atoms with Crippen molar-refractivity contribution in [3.63, 3.8) is 0 Å². The first-order chi connectivity index (χ1) is 9.06. The van der Waals surface area contributed by atoms with Gasteiger partial charge in [-0.05, 0) is 31.7 Å². The van der Waals surface area contributed by atoms with E-state index in [0.29, 0.717) is 36.3 Å². The molecule has 0 spiro atoms. The van der Waals surface area contributed by atoms with Crippen LogP contribution in [0, 0.1) is 5.92 Å². The number of hydrogen-bond acceptors (Lipinski definition) is 3. The fourth-order valence-electron chi connectivity index (χ4n) is 2.29. The van der Waals surface area contributed by atoms with E-state index >= 15 is 0 Å². The van der Waals surface area contributed by atoms with E-state index in [1.807, 2.05) is 0 Å². The van der Waals surface area contributed by atoms with Crippen LogP contribution in [-0.4, -0.2) is 28.0 Å². The Bertz CT molecular complexity index is 485. The predicted octanol–water partition coefficient (Wildman–Crippen LogP) is 2.11. The zero-order valence-electron chi connectivity index (χ0n) is 10.3. The third-order valence-corrected chi connectivity index (χ3v) is 3.59. The van der Waals surface area contributed by atoms with Gasteiger partial charge in [0.25, 0.3) is 5.91 Å².